The molecule has 3 atom stereocenters. The number of benzene rings is 4. The average Bonchev–Trinajstić information content (AvgIpc) is 3.08. The highest BCUT2D eigenvalue weighted by molar-refractivity contribution is 7.87. The molecule has 0 radical (unpaired) electrons. The number of ether oxygens (including phenoxy) is 3. The first kappa shape index (κ1) is 37.8. The van der Waals surface area contributed by atoms with Crippen LogP contribution in [0.25, 0.3) is 0 Å². The first-order valence-electron chi connectivity index (χ1n) is 14.7. The zero-order chi connectivity index (χ0) is 35.6. The third-order valence-electron chi connectivity index (χ3n) is 6.98. The molecule has 0 aliphatic carbocycles. The van der Waals surface area contributed by atoms with E-state index in [1.54, 1.807) is 60.7 Å². The molecule has 0 aliphatic rings. The Morgan fingerprint density at radius 2 is 1.37 bits per heavy atom. The van der Waals surface area contributed by atoms with E-state index in [0.29, 0.717) is 0 Å². The maximum atomic E-state index is 13.8. The number of oxime groups is 1. The van der Waals surface area contributed by atoms with Crippen molar-refractivity contribution < 1.29 is 41.2 Å². The molecule has 0 bridgehead atoms. The van der Waals surface area contributed by atoms with Crippen LogP contribution in [0.2, 0.25) is 15.1 Å². The van der Waals surface area contributed by atoms with Gasteiger partial charge in [0.2, 0.25) is 0 Å². The van der Waals surface area contributed by atoms with E-state index in [9.17, 15) is 18.0 Å². The Morgan fingerprint density at radius 1 is 0.796 bits per heavy atom. The Balaban J connectivity index is 1.79. The lowest BCUT2D eigenvalue weighted by Gasteiger charge is -2.31. The summed E-state index contributed by atoms with van der Waals surface area (Å²) in [5.74, 6) is -1.65. The van der Waals surface area contributed by atoms with Crippen molar-refractivity contribution in [2.75, 3.05) is 13.7 Å². The van der Waals surface area contributed by atoms with Crippen LogP contribution in [0.15, 0.2) is 101 Å². The number of esters is 2. The second-order valence-electron chi connectivity index (χ2n) is 10.7. The van der Waals surface area contributed by atoms with Crippen molar-refractivity contribution in [2.24, 2.45) is 5.16 Å². The first-order valence-corrected chi connectivity index (χ1v) is 17.2. The van der Waals surface area contributed by atoms with Crippen molar-refractivity contribution in [2.45, 2.75) is 43.7 Å². The Hall–Kier alpha value is -3.97. The maximum Gasteiger partial charge on any atom is 0.338 e. The van der Waals surface area contributed by atoms with Crippen LogP contribution < -0.4 is 0 Å². The monoisotopic (exact) mass is 747 g/mol. The summed E-state index contributed by atoms with van der Waals surface area (Å²) in [6.45, 7) is 2.93. The maximum absolute atomic E-state index is 13.8. The van der Waals surface area contributed by atoms with Crippen LogP contribution in [0.5, 0.6) is 0 Å². The van der Waals surface area contributed by atoms with Crippen molar-refractivity contribution in [3.05, 3.63) is 134 Å². The summed E-state index contributed by atoms with van der Waals surface area (Å²) < 4.78 is 50.9. The van der Waals surface area contributed by atoms with Crippen LogP contribution in [-0.4, -0.2) is 58.6 Å². The molecule has 0 spiro atoms. The Labute approximate surface area is 299 Å². The van der Waals surface area contributed by atoms with Gasteiger partial charge >= 0.3 is 11.9 Å². The van der Waals surface area contributed by atoms with E-state index in [0.717, 1.165) is 28.8 Å². The van der Waals surface area contributed by atoms with Gasteiger partial charge in [-0.05, 0) is 55.8 Å². The Morgan fingerprint density at radius 3 is 1.96 bits per heavy atom. The van der Waals surface area contributed by atoms with Gasteiger partial charge in [0.25, 0.3) is 10.1 Å². The van der Waals surface area contributed by atoms with E-state index in [1.807, 2.05) is 19.9 Å². The summed E-state index contributed by atoms with van der Waals surface area (Å²) in [5, 5.41) is 3.41. The molecule has 4 aromatic rings. The SMILES string of the molecule is CON=C[C@H](OCc1ccccc1)[C@@H](OC(=O)c1ccc(C)cc1)[C@@H](COC(=O)c1ccc(C)cc1)OS(=O)(=O)c1cc(Cl)c(Cl)cc1Cl. The van der Waals surface area contributed by atoms with E-state index in [4.69, 9.17) is 58.0 Å². The number of rotatable bonds is 15. The molecule has 4 aromatic carbocycles. The van der Waals surface area contributed by atoms with Gasteiger partial charge in [0.15, 0.2) is 12.2 Å². The minimum absolute atomic E-state index is 0.00394. The van der Waals surface area contributed by atoms with Gasteiger partial charge in [0.05, 0.1) is 39.0 Å². The zero-order valence-corrected chi connectivity index (χ0v) is 29.6. The topological polar surface area (TPSA) is 127 Å². The van der Waals surface area contributed by atoms with E-state index < -0.39 is 51.9 Å². The van der Waals surface area contributed by atoms with Crippen LogP contribution in [-0.2, 0) is 40.0 Å². The Bertz CT molecular complexity index is 1870. The molecule has 0 heterocycles. The minimum Gasteiger partial charge on any atom is -0.459 e. The van der Waals surface area contributed by atoms with Crippen LogP contribution in [0, 0.1) is 13.8 Å². The van der Waals surface area contributed by atoms with E-state index in [1.165, 1.54) is 25.5 Å². The first-order chi connectivity index (χ1) is 23.4. The van der Waals surface area contributed by atoms with Gasteiger partial charge in [-0.3, -0.25) is 4.18 Å². The Kier molecular flexibility index (Phi) is 13.6. The molecule has 0 fully saturated rings. The fourth-order valence-electron chi connectivity index (χ4n) is 4.36. The highest BCUT2D eigenvalue weighted by atomic mass is 35.5. The predicted molar refractivity (Wildman–Crippen MR) is 186 cm³/mol. The molecular formula is C35H32Cl3NO9S. The summed E-state index contributed by atoms with van der Waals surface area (Å²) in [6.07, 6.45) is -3.48. The second kappa shape index (κ2) is 17.6. The number of nitrogens with zero attached hydrogens (tertiary/aromatic N) is 1. The summed E-state index contributed by atoms with van der Waals surface area (Å²) in [7, 11) is -3.52. The minimum atomic E-state index is -4.81. The molecule has 0 unspecified atom stereocenters. The van der Waals surface area contributed by atoms with E-state index in [-0.39, 0.29) is 32.8 Å². The van der Waals surface area contributed by atoms with Crippen LogP contribution in [0.3, 0.4) is 0 Å². The number of hydrogen-bond acceptors (Lipinski definition) is 10. The molecule has 4 rings (SSSR count). The lowest BCUT2D eigenvalue weighted by Crippen LogP contribution is -2.48. The largest absolute Gasteiger partial charge is 0.459 e. The summed E-state index contributed by atoms with van der Waals surface area (Å²) >= 11 is 18.4. The summed E-state index contributed by atoms with van der Waals surface area (Å²) in [5.41, 5.74) is 2.86. The lowest BCUT2D eigenvalue weighted by molar-refractivity contribution is -0.0834. The molecule has 10 nitrogen and oxygen atoms in total. The highest BCUT2D eigenvalue weighted by Crippen LogP contribution is 2.33. The molecular weight excluding hydrogens is 717 g/mol. The number of aryl methyl sites for hydroxylation is 2. The standard InChI is InChI=1S/C35H32Cl3NO9S/c1-22-9-13-25(14-10-22)34(40)46-21-31(48-49(42,43)32-18-28(37)27(36)17-29(32)38)33(47-35(41)26-15-11-23(2)12-16-26)30(19-39-44-3)45-20-24-7-5-4-6-8-24/h4-19,30-31,33H,20-21H2,1-3H3/t30-,31+,33+/m0/s1. The average molecular weight is 749 g/mol. The summed E-state index contributed by atoms with van der Waals surface area (Å²) in [6, 6.07) is 24.2. The second-order valence-corrected chi connectivity index (χ2v) is 13.4. The summed E-state index contributed by atoms with van der Waals surface area (Å²) in [4.78, 5) is 31.0. The normalized spacial score (nSPS) is 13.4. The van der Waals surface area contributed by atoms with Gasteiger partial charge in [-0.2, -0.15) is 8.42 Å². The third kappa shape index (κ3) is 10.8. The van der Waals surface area contributed by atoms with E-state index >= 15 is 0 Å². The molecule has 0 saturated carbocycles. The number of carbonyl (C=O) groups excluding carboxylic acids is 2. The molecule has 14 heteroatoms. The van der Waals surface area contributed by atoms with Crippen molar-refractivity contribution in [1.29, 1.82) is 0 Å². The molecule has 258 valence electrons. The van der Waals surface area contributed by atoms with Crippen molar-refractivity contribution >= 4 is 63.1 Å². The van der Waals surface area contributed by atoms with Crippen molar-refractivity contribution in [3.8, 4) is 0 Å². The fraction of sp³-hybridized carbons (Fsp3) is 0.229. The molecule has 0 aromatic heterocycles. The van der Waals surface area contributed by atoms with Crippen LogP contribution in [0.1, 0.15) is 37.4 Å². The lowest BCUT2D eigenvalue weighted by atomic mass is 10.1. The highest BCUT2D eigenvalue weighted by Gasteiger charge is 2.40. The number of hydrogen-bond donors (Lipinski definition) is 0. The predicted octanol–water partition coefficient (Wildman–Crippen LogP) is 7.64. The smallest absolute Gasteiger partial charge is 0.338 e. The van der Waals surface area contributed by atoms with Gasteiger partial charge in [-0.25, -0.2) is 9.59 Å². The van der Waals surface area contributed by atoms with Gasteiger partial charge < -0.3 is 19.0 Å². The molecule has 0 saturated heterocycles. The molecule has 0 aliphatic heterocycles. The fourth-order valence-corrected chi connectivity index (χ4v) is 6.41. The van der Waals surface area contributed by atoms with Crippen molar-refractivity contribution in [3.63, 3.8) is 0 Å². The molecule has 0 amide bonds. The van der Waals surface area contributed by atoms with Gasteiger partial charge in [0.1, 0.15) is 24.7 Å². The van der Waals surface area contributed by atoms with Gasteiger partial charge in [-0.1, -0.05) is 106 Å². The van der Waals surface area contributed by atoms with Crippen LogP contribution >= 0.6 is 34.8 Å². The van der Waals surface area contributed by atoms with Gasteiger partial charge in [0, 0.05) is 0 Å². The third-order valence-corrected chi connectivity index (χ3v) is 9.50. The van der Waals surface area contributed by atoms with Gasteiger partial charge in [-0.15, -0.1) is 0 Å². The number of carbonyl (C=O) groups is 2. The molecule has 0 N–H and O–H groups in total. The number of halogens is 3. The zero-order valence-electron chi connectivity index (χ0n) is 26.5. The van der Waals surface area contributed by atoms with Crippen LogP contribution in [0.4, 0.5) is 0 Å². The van der Waals surface area contributed by atoms with Crippen molar-refractivity contribution in [1.82, 2.24) is 0 Å². The molecule has 49 heavy (non-hydrogen) atoms. The van der Waals surface area contributed by atoms with E-state index in [2.05, 4.69) is 5.16 Å². The quantitative estimate of drug-likeness (QED) is 0.0396.